The lowest BCUT2D eigenvalue weighted by molar-refractivity contribution is -0.129. The van der Waals surface area contributed by atoms with Crippen LogP contribution in [0.4, 0.5) is 0 Å². The summed E-state index contributed by atoms with van der Waals surface area (Å²) in [6, 6.07) is 4.02. The van der Waals surface area contributed by atoms with Crippen LogP contribution in [-0.4, -0.2) is 29.8 Å². The zero-order valence-corrected chi connectivity index (χ0v) is 10.8. The smallest absolute Gasteiger partial charge is 0.227 e. The fourth-order valence-corrected chi connectivity index (χ4v) is 3.13. The quantitative estimate of drug-likeness (QED) is 0.760. The van der Waals surface area contributed by atoms with Crippen molar-refractivity contribution in [3.05, 3.63) is 22.4 Å². The van der Waals surface area contributed by atoms with E-state index in [0.29, 0.717) is 18.2 Å². The number of thiophene rings is 1. The van der Waals surface area contributed by atoms with Gasteiger partial charge in [-0.15, -0.1) is 22.9 Å². The van der Waals surface area contributed by atoms with Gasteiger partial charge in [-0.05, 0) is 30.2 Å². The van der Waals surface area contributed by atoms with Crippen molar-refractivity contribution in [1.82, 2.24) is 4.90 Å². The first-order valence-electron chi connectivity index (χ1n) is 5.65. The van der Waals surface area contributed by atoms with E-state index in [9.17, 15) is 4.79 Å². The lowest BCUT2D eigenvalue weighted by atomic mass is 10.1. The van der Waals surface area contributed by atoms with Crippen molar-refractivity contribution in [3.8, 4) is 0 Å². The number of hydrogen-bond acceptors (Lipinski definition) is 2. The fourth-order valence-electron chi connectivity index (χ4n) is 2.12. The first-order valence-corrected chi connectivity index (χ1v) is 7.07. The summed E-state index contributed by atoms with van der Waals surface area (Å²) in [5.41, 5.74) is 0. The molecule has 88 valence electrons. The number of amides is 1. The molecule has 1 aromatic heterocycles. The highest BCUT2D eigenvalue weighted by Gasteiger charge is 2.25. The molecule has 0 N–H and O–H groups in total. The standard InChI is InChI=1S/C12H16ClNOS/c13-5-3-10-4-6-14(9-10)12(15)8-11-2-1-7-16-11/h1-2,7,10H,3-6,8-9H2. The predicted octanol–water partition coefficient (Wildman–Crippen LogP) is 2.77. The molecule has 0 radical (unpaired) electrons. The molecule has 4 heteroatoms. The Morgan fingerprint density at radius 1 is 1.62 bits per heavy atom. The Hall–Kier alpha value is -0.540. The molecule has 1 unspecified atom stereocenters. The summed E-state index contributed by atoms with van der Waals surface area (Å²) in [6.07, 6.45) is 2.71. The maximum atomic E-state index is 12.0. The van der Waals surface area contributed by atoms with E-state index in [1.54, 1.807) is 11.3 Å². The van der Waals surface area contributed by atoms with Crippen LogP contribution in [0.2, 0.25) is 0 Å². The van der Waals surface area contributed by atoms with E-state index in [0.717, 1.165) is 30.8 Å². The third kappa shape index (κ3) is 2.98. The van der Waals surface area contributed by atoms with Gasteiger partial charge in [0.25, 0.3) is 0 Å². The van der Waals surface area contributed by atoms with Crippen LogP contribution in [0, 0.1) is 5.92 Å². The van der Waals surface area contributed by atoms with Gasteiger partial charge in [0, 0.05) is 23.8 Å². The average molecular weight is 258 g/mol. The van der Waals surface area contributed by atoms with Crippen LogP contribution in [0.25, 0.3) is 0 Å². The van der Waals surface area contributed by atoms with E-state index in [-0.39, 0.29) is 5.91 Å². The van der Waals surface area contributed by atoms with Gasteiger partial charge in [0.05, 0.1) is 6.42 Å². The number of alkyl halides is 1. The van der Waals surface area contributed by atoms with Crippen LogP contribution < -0.4 is 0 Å². The second-order valence-corrected chi connectivity index (χ2v) is 5.64. The molecule has 1 atom stereocenters. The lowest BCUT2D eigenvalue weighted by Crippen LogP contribution is -2.29. The molecule has 2 heterocycles. The Balaban J connectivity index is 1.83. The van der Waals surface area contributed by atoms with Gasteiger partial charge in [0.1, 0.15) is 0 Å². The number of carbonyl (C=O) groups is 1. The van der Waals surface area contributed by atoms with Gasteiger partial charge in [-0.1, -0.05) is 6.07 Å². The minimum atomic E-state index is 0.263. The molecule has 1 aromatic rings. The van der Waals surface area contributed by atoms with Gasteiger partial charge in [-0.2, -0.15) is 0 Å². The van der Waals surface area contributed by atoms with E-state index >= 15 is 0 Å². The van der Waals surface area contributed by atoms with Crippen molar-refractivity contribution >= 4 is 28.8 Å². The van der Waals surface area contributed by atoms with E-state index in [4.69, 9.17) is 11.6 Å². The van der Waals surface area contributed by atoms with Crippen LogP contribution >= 0.6 is 22.9 Å². The van der Waals surface area contributed by atoms with Gasteiger partial charge < -0.3 is 4.90 Å². The van der Waals surface area contributed by atoms with Crippen LogP contribution in [0.3, 0.4) is 0 Å². The maximum Gasteiger partial charge on any atom is 0.227 e. The average Bonchev–Trinajstić information content (AvgIpc) is 2.89. The van der Waals surface area contributed by atoms with Gasteiger partial charge in [0.2, 0.25) is 5.91 Å². The van der Waals surface area contributed by atoms with Crippen molar-refractivity contribution in [2.45, 2.75) is 19.3 Å². The Labute approximate surface area is 105 Å². The summed E-state index contributed by atoms with van der Waals surface area (Å²) in [4.78, 5) is 15.1. The van der Waals surface area contributed by atoms with Crippen molar-refractivity contribution in [1.29, 1.82) is 0 Å². The molecule has 0 saturated carbocycles. The van der Waals surface area contributed by atoms with Crippen LogP contribution in [-0.2, 0) is 11.2 Å². The second-order valence-electron chi connectivity index (χ2n) is 4.23. The molecular weight excluding hydrogens is 242 g/mol. The molecule has 0 aromatic carbocycles. The Morgan fingerprint density at radius 2 is 2.50 bits per heavy atom. The molecule has 1 aliphatic heterocycles. The number of halogens is 1. The molecule has 0 aliphatic carbocycles. The molecular formula is C12H16ClNOS. The Morgan fingerprint density at radius 3 is 3.19 bits per heavy atom. The molecule has 1 aliphatic rings. The molecule has 1 amide bonds. The topological polar surface area (TPSA) is 20.3 Å². The molecule has 2 nitrogen and oxygen atoms in total. The van der Waals surface area contributed by atoms with E-state index in [2.05, 4.69) is 0 Å². The summed E-state index contributed by atoms with van der Waals surface area (Å²) in [5, 5.41) is 2.02. The largest absolute Gasteiger partial charge is 0.342 e. The first-order chi connectivity index (χ1) is 7.79. The Kier molecular flexibility index (Phi) is 4.24. The number of hydrogen-bond donors (Lipinski definition) is 0. The monoisotopic (exact) mass is 257 g/mol. The van der Waals surface area contributed by atoms with Gasteiger partial charge in [-0.25, -0.2) is 0 Å². The zero-order valence-electron chi connectivity index (χ0n) is 9.19. The predicted molar refractivity (Wildman–Crippen MR) is 68.0 cm³/mol. The minimum Gasteiger partial charge on any atom is -0.342 e. The highest BCUT2D eigenvalue weighted by atomic mass is 35.5. The van der Waals surface area contributed by atoms with E-state index in [1.165, 1.54) is 0 Å². The van der Waals surface area contributed by atoms with Gasteiger partial charge in [-0.3, -0.25) is 4.79 Å². The van der Waals surface area contributed by atoms with Gasteiger partial charge in [0.15, 0.2) is 0 Å². The van der Waals surface area contributed by atoms with Crippen molar-refractivity contribution in [3.63, 3.8) is 0 Å². The summed E-state index contributed by atoms with van der Waals surface area (Å²) in [7, 11) is 0. The van der Waals surface area contributed by atoms with E-state index in [1.807, 2.05) is 22.4 Å². The number of nitrogens with zero attached hydrogens (tertiary/aromatic N) is 1. The molecule has 16 heavy (non-hydrogen) atoms. The third-order valence-corrected chi connectivity index (χ3v) is 4.16. The van der Waals surface area contributed by atoms with Crippen LogP contribution in [0.1, 0.15) is 17.7 Å². The summed E-state index contributed by atoms with van der Waals surface area (Å²) in [6.45, 7) is 1.81. The van der Waals surface area contributed by atoms with Gasteiger partial charge >= 0.3 is 0 Å². The second kappa shape index (κ2) is 5.69. The zero-order chi connectivity index (χ0) is 11.4. The van der Waals surface area contributed by atoms with Crippen molar-refractivity contribution in [2.75, 3.05) is 19.0 Å². The minimum absolute atomic E-state index is 0.263. The normalized spacial score (nSPS) is 20.3. The molecule has 2 rings (SSSR count). The molecule has 1 fully saturated rings. The van der Waals surface area contributed by atoms with Crippen molar-refractivity contribution < 1.29 is 4.79 Å². The van der Waals surface area contributed by atoms with Crippen LogP contribution in [0.15, 0.2) is 17.5 Å². The number of carbonyl (C=O) groups excluding carboxylic acids is 1. The summed E-state index contributed by atoms with van der Waals surface area (Å²) >= 11 is 7.37. The first kappa shape index (κ1) is 11.9. The number of likely N-dealkylation sites (tertiary alicyclic amines) is 1. The lowest BCUT2D eigenvalue weighted by Gasteiger charge is -2.15. The fraction of sp³-hybridized carbons (Fsp3) is 0.583. The maximum absolute atomic E-state index is 12.0. The molecule has 1 saturated heterocycles. The Bertz CT molecular complexity index is 339. The van der Waals surface area contributed by atoms with Crippen LogP contribution in [0.5, 0.6) is 0 Å². The molecule has 0 bridgehead atoms. The third-order valence-electron chi connectivity index (χ3n) is 3.06. The highest BCUT2D eigenvalue weighted by Crippen LogP contribution is 2.21. The summed E-state index contributed by atoms with van der Waals surface area (Å²) < 4.78 is 0. The van der Waals surface area contributed by atoms with Crippen molar-refractivity contribution in [2.24, 2.45) is 5.92 Å². The van der Waals surface area contributed by atoms with E-state index < -0.39 is 0 Å². The highest BCUT2D eigenvalue weighted by molar-refractivity contribution is 7.10. The molecule has 0 spiro atoms. The SMILES string of the molecule is O=C(Cc1cccs1)N1CCC(CCCl)C1. The number of rotatable bonds is 4. The summed E-state index contributed by atoms with van der Waals surface area (Å²) in [5.74, 6) is 1.58.